The number of carbonyl (C=O) groups excluding carboxylic acids is 1. The predicted molar refractivity (Wildman–Crippen MR) is 180 cm³/mol. The maximum atomic E-state index is 13.7. The predicted octanol–water partition coefficient (Wildman–Crippen LogP) is 8.72. The van der Waals surface area contributed by atoms with Crippen LogP contribution >= 0.6 is 35.3 Å². The number of anilines is 3. The largest absolute Gasteiger partial charge is 0.495 e. The first-order valence-electron chi connectivity index (χ1n) is 13.3. The summed E-state index contributed by atoms with van der Waals surface area (Å²) < 4.78 is 5.41. The Hall–Kier alpha value is -4.18. The van der Waals surface area contributed by atoms with Crippen LogP contribution in [0.3, 0.4) is 0 Å². The van der Waals surface area contributed by atoms with E-state index in [1.54, 1.807) is 7.11 Å². The molecule has 1 amide bonds. The third kappa shape index (κ3) is 7.36. The molecule has 1 unspecified atom stereocenters. The highest BCUT2D eigenvalue weighted by molar-refractivity contribution is 8.00. The molecule has 1 aromatic heterocycles. The lowest BCUT2D eigenvalue weighted by Crippen LogP contribution is -2.20. The number of aromatic nitrogens is 1. The summed E-state index contributed by atoms with van der Waals surface area (Å²) in [5.74, 6) is 0.561. The Morgan fingerprint density at radius 3 is 2.38 bits per heavy atom. The van der Waals surface area contributed by atoms with Crippen LogP contribution in [0.25, 0.3) is 11.3 Å². The molecular weight excluding hydrogens is 581 g/mol. The Morgan fingerprint density at radius 1 is 0.881 bits per heavy atom. The highest BCUT2D eigenvalue weighted by Crippen LogP contribution is 2.38. The Labute approximate surface area is 259 Å². The zero-order valence-electron chi connectivity index (χ0n) is 23.4. The van der Waals surface area contributed by atoms with E-state index in [1.807, 2.05) is 85.8 Å². The van der Waals surface area contributed by atoms with Gasteiger partial charge in [0.15, 0.2) is 10.2 Å². The Kier molecular flexibility index (Phi) is 9.53. The zero-order chi connectivity index (χ0) is 29.5. The first kappa shape index (κ1) is 29.3. The summed E-state index contributed by atoms with van der Waals surface area (Å²) in [6.45, 7) is 4.08. The van der Waals surface area contributed by atoms with E-state index in [1.165, 1.54) is 28.7 Å². The van der Waals surface area contributed by atoms with Crippen molar-refractivity contribution in [2.24, 2.45) is 0 Å². The number of hydrogen-bond acceptors (Lipinski definition) is 6. The number of ether oxygens (including phenoxy) is 1. The van der Waals surface area contributed by atoms with Gasteiger partial charge in [0.1, 0.15) is 11.0 Å². The van der Waals surface area contributed by atoms with E-state index < -0.39 is 5.25 Å². The van der Waals surface area contributed by atoms with Gasteiger partial charge in [0.05, 0.1) is 18.5 Å². The number of rotatable bonds is 9. The molecule has 0 radical (unpaired) electrons. The minimum absolute atomic E-state index is 0.137. The van der Waals surface area contributed by atoms with Gasteiger partial charge in [-0.2, -0.15) is 0 Å². The minimum Gasteiger partial charge on any atom is -0.495 e. The Morgan fingerprint density at radius 2 is 1.62 bits per heavy atom. The van der Waals surface area contributed by atoms with E-state index in [0.29, 0.717) is 16.0 Å². The van der Waals surface area contributed by atoms with Gasteiger partial charge in [-0.1, -0.05) is 78.4 Å². The fraction of sp³-hybridized carbons (Fsp3) is 0.121. The van der Waals surface area contributed by atoms with Crippen molar-refractivity contribution in [3.63, 3.8) is 0 Å². The molecule has 0 bridgehead atoms. The number of thioether (sulfide) groups is 1. The number of thiazole rings is 1. The second-order valence-electron chi connectivity index (χ2n) is 9.49. The van der Waals surface area contributed by atoms with Crippen LogP contribution in [0, 0.1) is 13.8 Å². The summed E-state index contributed by atoms with van der Waals surface area (Å²) in [4.78, 5) is 20.5. The maximum Gasteiger partial charge on any atom is 0.244 e. The molecule has 1 atom stereocenters. The van der Waals surface area contributed by atoms with E-state index in [2.05, 4.69) is 47.1 Å². The maximum absolute atomic E-state index is 13.7. The molecule has 5 aromatic rings. The lowest BCUT2D eigenvalue weighted by atomic mass is 10.1. The van der Waals surface area contributed by atoms with Crippen molar-refractivity contribution in [1.82, 2.24) is 4.98 Å². The lowest BCUT2D eigenvalue weighted by Gasteiger charge is -2.17. The first-order valence-corrected chi connectivity index (χ1v) is 15.4. The first-order chi connectivity index (χ1) is 20.4. The number of hydrogen-bond donors (Lipinski definition) is 3. The molecular formula is C33H30N4O2S3. The van der Waals surface area contributed by atoms with Gasteiger partial charge in [-0.05, 0) is 62.0 Å². The van der Waals surface area contributed by atoms with Gasteiger partial charge < -0.3 is 20.7 Å². The van der Waals surface area contributed by atoms with E-state index in [4.69, 9.17) is 21.9 Å². The molecule has 4 aromatic carbocycles. The molecule has 0 spiro atoms. The number of amides is 1. The Balaban J connectivity index is 1.32. The number of nitrogens with one attached hydrogen (secondary N) is 3. The molecule has 0 saturated carbocycles. The molecule has 42 heavy (non-hydrogen) atoms. The second-order valence-corrected chi connectivity index (χ2v) is 12.3. The standard InChI is InChI=1S/C33H30N4O2S3/c1-21-16-18-23(19-17-21)29-22(2)41-33(36-29)37-31(38)30(24-10-5-4-6-11-24)42-26-13-9-12-25(20-26)34-32(40)35-27-14-7-8-15-28(27)39-3/h4-20,30H,1-3H3,(H2,34,35,40)(H,36,37,38). The highest BCUT2D eigenvalue weighted by Gasteiger charge is 2.24. The van der Waals surface area contributed by atoms with Crippen molar-refractivity contribution < 1.29 is 9.53 Å². The number of carbonyl (C=O) groups is 1. The molecule has 3 N–H and O–H groups in total. The van der Waals surface area contributed by atoms with Crippen LogP contribution in [-0.2, 0) is 4.79 Å². The number of aryl methyl sites for hydroxylation is 2. The molecule has 9 heteroatoms. The summed E-state index contributed by atoms with van der Waals surface area (Å²) in [6.07, 6.45) is 0. The van der Waals surface area contributed by atoms with Crippen LogP contribution < -0.4 is 20.7 Å². The van der Waals surface area contributed by atoms with Gasteiger partial charge in [0, 0.05) is 21.0 Å². The number of nitrogens with zero attached hydrogens (tertiary/aromatic N) is 1. The van der Waals surface area contributed by atoms with Crippen LogP contribution in [0.15, 0.2) is 108 Å². The van der Waals surface area contributed by atoms with Crippen molar-refractivity contribution in [3.8, 4) is 17.0 Å². The van der Waals surface area contributed by atoms with Gasteiger partial charge in [0.2, 0.25) is 5.91 Å². The van der Waals surface area contributed by atoms with E-state index in [0.717, 1.165) is 38.0 Å². The number of benzene rings is 4. The third-order valence-electron chi connectivity index (χ3n) is 6.39. The van der Waals surface area contributed by atoms with Crippen LogP contribution in [0.1, 0.15) is 21.3 Å². The van der Waals surface area contributed by atoms with Gasteiger partial charge in [-0.15, -0.1) is 23.1 Å². The molecule has 0 aliphatic carbocycles. The quantitative estimate of drug-likeness (QED) is 0.114. The van der Waals surface area contributed by atoms with Crippen LogP contribution in [0.4, 0.5) is 16.5 Å². The smallest absolute Gasteiger partial charge is 0.244 e. The van der Waals surface area contributed by atoms with E-state index in [9.17, 15) is 4.79 Å². The fourth-order valence-corrected chi connectivity index (χ4v) is 6.47. The number of thiocarbonyl (C=S) groups is 1. The minimum atomic E-state index is -0.493. The van der Waals surface area contributed by atoms with Crippen LogP contribution in [0.2, 0.25) is 0 Å². The van der Waals surface area contributed by atoms with E-state index in [-0.39, 0.29) is 5.91 Å². The molecule has 6 nitrogen and oxygen atoms in total. The van der Waals surface area contributed by atoms with Crippen molar-refractivity contribution >= 4 is 62.8 Å². The summed E-state index contributed by atoms with van der Waals surface area (Å²) in [5, 5.41) is 10.0. The lowest BCUT2D eigenvalue weighted by molar-refractivity contribution is -0.115. The van der Waals surface area contributed by atoms with Gasteiger partial charge in [-0.3, -0.25) is 4.79 Å². The number of methoxy groups -OCH3 is 1. The molecule has 212 valence electrons. The summed E-state index contributed by atoms with van der Waals surface area (Å²) in [5.41, 5.74) is 5.59. The van der Waals surface area contributed by atoms with Gasteiger partial charge >= 0.3 is 0 Å². The van der Waals surface area contributed by atoms with Gasteiger partial charge in [-0.25, -0.2) is 4.98 Å². The highest BCUT2D eigenvalue weighted by atomic mass is 32.2. The molecule has 0 saturated heterocycles. The SMILES string of the molecule is COc1ccccc1NC(=S)Nc1cccc(SC(C(=O)Nc2nc(-c3ccc(C)cc3)c(C)s2)c2ccccc2)c1. The molecule has 0 aliphatic rings. The van der Waals surface area contributed by atoms with Crippen LogP contribution in [0.5, 0.6) is 5.75 Å². The second kappa shape index (κ2) is 13.7. The van der Waals surface area contributed by atoms with Crippen molar-refractivity contribution in [2.75, 3.05) is 23.1 Å². The molecule has 0 fully saturated rings. The third-order valence-corrected chi connectivity index (χ3v) is 8.73. The summed E-state index contributed by atoms with van der Waals surface area (Å²) in [6, 6.07) is 33.4. The van der Waals surface area contributed by atoms with Crippen molar-refractivity contribution in [2.45, 2.75) is 24.0 Å². The summed E-state index contributed by atoms with van der Waals surface area (Å²) in [7, 11) is 1.62. The van der Waals surface area contributed by atoms with Crippen LogP contribution in [-0.4, -0.2) is 23.1 Å². The molecule has 5 rings (SSSR count). The van der Waals surface area contributed by atoms with Crippen molar-refractivity contribution in [3.05, 3.63) is 119 Å². The molecule has 1 heterocycles. The summed E-state index contributed by atoms with van der Waals surface area (Å²) >= 11 is 8.50. The average Bonchev–Trinajstić information content (AvgIpc) is 3.36. The fourth-order valence-electron chi connectivity index (χ4n) is 4.32. The normalized spacial score (nSPS) is 11.4. The monoisotopic (exact) mass is 610 g/mol. The van der Waals surface area contributed by atoms with Crippen molar-refractivity contribution in [1.29, 1.82) is 0 Å². The van der Waals surface area contributed by atoms with Gasteiger partial charge in [0.25, 0.3) is 0 Å². The average molecular weight is 611 g/mol. The topological polar surface area (TPSA) is 75.3 Å². The Bertz CT molecular complexity index is 1690. The molecule has 0 aliphatic heterocycles. The zero-order valence-corrected chi connectivity index (χ0v) is 25.8. The number of para-hydroxylation sites is 2. The van der Waals surface area contributed by atoms with E-state index >= 15 is 0 Å².